The maximum absolute atomic E-state index is 13.4. The number of nitrogens with zero attached hydrogens (tertiary/aromatic N) is 1. The number of hydrogen-bond donors (Lipinski definition) is 0. The van der Waals surface area contributed by atoms with Crippen LogP contribution >= 0.6 is 0 Å². The fourth-order valence-electron chi connectivity index (χ4n) is 3.59. The van der Waals surface area contributed by atoms with Gasteiger partial charge in [0.25, 0.3) is 5.91 Å². The minimum atomic E-state index is -0.553. The van der Waals surface area contributed by atoms with Crippen molar-refractivity contribution in [2.45, 2.75) is 27.2 Å². The number of carbonyl (C=O) groups excluding carboxylic acids is 2. The highest BCUT2D eigenvalue weighted by Crippen LogP contribution is 2.36. The van der Waals surface area contributed by atoms with E-state index in [0.717, 1.165) is 6.42 Å². The van der Waals surface area contributed by atoms with E-state index in [1.54, 1.807) is 37.1 Å². The van der Waals surface area contributed by atoms with E-state index in [9.17, 15) is 9.59 Å². The first-order valence-corrected chi connectivity index (χ1v) is 10.2. The van der Waals surface area contributed by atoms with E-state index in [-0.39, 0.29) is 17.1 Å². The van der Waals surface area contributed by atoms with Crippen LogP contribution in [0.15, 0.2) is 59.3 Å². The second kappa shape index (κ2) is 9.51. The third-order valence-corrected chi connectivity index (χ3v) is 5.19. The molecule has 2 aromatic rings. The van der Waals surface area contributed by atoms with Gasteiger partial charge >= 0.3 is 5.97 Å². The molecule has 2 aromatic carbocycles. The fourth-order valence-corrected chi connectivity index (χ4v) is 3.59. The van der Waals surface area contributed by atoms with Gasteiger partial charge in [-0.15, -0.1) is 0 Å². The number of methoxy groups -OCH3 is 2. The number of esters is 1. The van der Waals surface area contributed by atoms with Crippen LogP contribution < -0.4 is 14.4 Å². The zero-order valence-electron chi connectivity index (χ0n) is 18.5. The molecule has 0 saturated carbocycles. The highest BCUT2D eigenvalue weighted by Gasteiger charge is 2.37. The number of aryl methyl sites for hydroxylation is 1. The Kier molecular flexibility index (Phi) is 6.80. The summed E-state index contributed by atoms with van der Waals surface area (Å²) in [5, 5.41) is 0. The zero-order chi connectivity index (χ0) is 22.5. The molecule has 1 aliphatic heterocycles. The predicted molar refractivity (Wildman–Crippen MR) is 120 cm³/mol. The van der Waals surface area contributed by atoms with Crippen LogP contribution in [0.5, 0.6) is 11.5 Å². The number of rotatable bonds is 7. The molecule has 0 saturated heterocycles. The Labute approximate surface area is 182 Å². The molecule has 1 aliphatic rings. The molecule has 0 fully saturated rings. The van der Waals surface area contributed by atoms with Crippen LogP contribution in [0.4, 0.5) is 5.69 Å². The van der Waals surface area contributed by atoms with Gasteiger partial charge in [0.15, 0.2) is 11.5 Å². The number of hydrogen-bond acceptors (Lipinski definition) is 5. The number of allylic oxidation sites excluding steroid dienone is 1. The van der Waals surface area contributed by atoms with Gasteiger partial charge < -0.3 is 14.2 Å². The SMILES string of the molecule is CCOc1ccc(/C=C2\C(=O)N(c3ccc(CC)cc3)C(C)=C2C(=O)OC)cc1OC. The fraction of sp³-hybridized carbons (Fsp3) is 0.280. The summed E-state index contributed by atoms with van der Waals surface area (Å²) >= 11 is 0. The second-order valence-corrected chi connectivity index (χ2v) is 7.01. The molecule has 6 nitrogen and oxygen atoms in total. The first-order chi connectivity index (χ1) is 14.9. The standard InChI is InChI=1S/C25H27NO5/c1-6-17-8-11-19(12-9-17)26-16(3)23(25(28)30-5)20(24(26)27)14-18-10-13-21(31-7-2)22(15-18)29-4/h8-15H,6-7H2,1-5H3/b20-14-. The number of amides is 1. The van der Waals surface area contributed by atoms with Crippen molar-refractivity contribution in [1.82, 2.24) is 0 Å². The Morgan fingerprint density at radius 2 is 1.74 bits per heavy atom. The van der Waals surface area contributed by atoms with Crippen molar-refractivity contribution < 1.29 is 23.8 Å². The molecule has 0 bridgehead atoms. The van der Waals surface area contributed by atoms with E-state index in [0.29, 0.717) is 35.1 Å². The van der Waals surface area contributed by atoms with Gasteiger partial charge in [-0.1, -0.05) is 25.1 Å². The second-order valence-electron chi connectivity index (χ2n) is 7.01. The number of anilines is 1. The molecule has 0 aliphatic carbocycles. The molecule has 0 N–H and O–H groups in total. The summed E-state index contributed by atoms with van der Waals surface area (Å²) in [6, 6.07) is 13.1. The smallest absolute Gasteiger partial charge is 0.340 e. The molecular formula is C25H27NO5. The third kappa shape index (κ3) is 4.33. The summed E-state index contributed by atoms with van der Waals surface area (Å²) in [5.74, 6) is 0.328. The Bertz CT molecular complexity index is 1050. The third-order valence-electron chi connectivity index (χ3n) is 5.19. The van der Waals surface area contributed by atoms with Gasteiger partial charge in [-0.05, 0) is 61.7 Å². The zero-order valence-corrected chi connectivity index (χ0v) is 18.5. The molecule has 0 radical (unpaired) electrons. The monoisotopic (exact) mass is 421 g/mol. The van der Waals surface area contributed by atoms with Crippen molar-refractivity contribution in [1.29, 1.82) is 0 Å². The van der Waals surface area contributed by atoms with Gasteiger partial charge in [0, 0.05) is 11.4 Å². The van der Waals surface area contributed by atoms with Gasteiger partial charge in [0.1, 0.15) is 0 Å². The Balaban J connectivity index is 2.08. The average Bonchev–Trinajstić information content (AvgIpc) is 3.03. The van der Waals surface area contributed by atoms with Crippen molar-refractivity contribution in [3.05, 3.63) is 70.4 Å². The van der Waals surface area contributed by atoms with E-state index in [1.807, 2.05) is 37.3 Å². The van der Waals surface area contributed by atoms with Crippen LogP contribution in [0.25, 0.3) is 6.08 Å². The molecule has 6 heteroatoms. The van der Waals surface area contributed by atoms with E-state index in [1.165, 1.54) is 12.7 Å². The summed E-state index contributed by atoms with van der Waals surface area (Å²) in [7, 11) is 2.87. The summed E-state index contributed by atoms with van der Waals surface area (Å²) in [6.07, 6.45) is 2.58. The number of carbonyl (C=O) groups is 2. The summed E-state index contributed by atoms with van der Waals surface area (Å²) < 4.78 is 15.9. The number of ether oxygens (including phenoxy) is 3. The van der Waals surface area contributed by atoms with Crippen LogP contribution in [0.2, 0.25) is 0 Å². The van der Waals surface area contributed by atoms with E-state index in [4.69, 9.17) is 14.2 Å². The first-order valence-electron chi connectivity index (χ1n) is 10.2. The lowest BCUT2D eigenvalue weighted by Crippen LogP contribution is -2.24. The van der Waals surface area contributed by atoms with Gasteiger partial charge in [-0.3, -0.25) is 9.69 Å². The summed E-state index contributed by atoms with van der Waals surface area (Å²) in [5.41, 5.74) is 3.64. The van der Waals surface area contributed by atoms with E-state index < -0.39 is 5.97 Å². The molecule has 0 spiro atoms. The van der Waals surface area contributed by atoms with Crippen LogP contribution in [-0.2, 0) is 20.7 Å². The van der Waals surface area contributed by atoms with Gasteiger partial charge in [0.2, 0.25) is 0 Å². The lowest BCUT2D eigenvalue weighted by Gasteiger charge is -2.18. The normalized spacial score (nSPS) is 14.9. The lowest BCUT2D eigenvalue weighted by molar-refractivity contribution is -0.136. The highest BCUT2D eigenvalue weighted by molar-refractivity contribution is 6.23. The lowest BCUT2D eigenvalue weighted by atomic mass is 10.0. The Morgan fingerprint density at radius 1 is 1.03 bits per heavy atom. The largest absolute Gasteiger partial charge is 0.493 e. The Morgan fingerprint density at radius 3 is 2.32 bits per heavy atom. The molecule has 1 amide bonds. The molecular weight excluding hydrogens is 394 g/mol. The highest BCUT2D eigenvalue weighted by atomic mass is 16.5. The minimum absolute atomic E-state index is 0.250. The van der Waals surface area contributed by atoms with E-state index in [2.05, 4.69) is 6.92 Å². The van der Waals surface area contributed by atoms with Crippen molar-refractivity contribution in [2.24, 2.45) is 0 Å². The quantitative estimate of drug-likeness (QED) is 0.485. The van der Waals surface area contributed by atoms with Crippen LogP contribution in [0.1, 0.15) is 31.9 Å². The van der Waals surface area contributed by atoms with Crippen LogP contribution in [0, 0.1) is 0 Å². The van der Waals surface area contributed by atoms with Crippen molar-refractivity contribution >= 4 is 23.6 Å². The van der Waals surface area contributed by atoms with Crippen LogP contribution in [0.3, 0.4) is 0 Å². The van der Waals surface area contributed by atoms with Crippen molar-refractivity contribution in [2.75, 3.05) is 25.7 Å². The molecule has 0 aromatic heterocycles. The predicted octanol–water partition coefficient (Wildman–Crippen LogP) is 4.53. The van der Waals surface area contributed by atoms with Gasteiger partial charge in [0.05, 0.1) is 32.0 Å². The molecule has 0 unspecified atom stereocenters. The summed E-state index contributed by atoms with van der Waals surface area (Å²) in [6.45, 7) is 6.22. The van der Waals surface area contributed by atoms with Gasteiger partial charge in [-0.2, -0.15) is 0 Å². The van der Waals surface area contributed by atoms with Crippen LogP contribution in [-0.4, -0.2) is 32.7 Å². The molecule has 1 heterocycles. The van der Waals surface area contributed by atoms with E-state index >= 15 is 0 Å². The number of benzene rings is 2. The maximum atomic E-state index is 13.4. The molecule has 0 atom stereocenters. The molecule has 162 valence electrons. The molecule has 31 heavy (non-hydrogen) atoms. The average molecular weight is 421 g/mol. The topological polar surface area (TPSA) is 65.1 Å². The van der Waals surface area contributed by atoms with Gasteiger partial charge in [-0.25, -0.2) is 4.79 Å². The van der Waals surface area contributed by atoms with Crippen molar-refractivity contribution in [3.8, 4) is 11.5 Å². The Hall–Kier alpha value is -3.54. The van der Waals surface area contributed by atoms with Crippen molar-refractivity contribution in [3.63, 3.8) is 0 Å². The minimum Gasteiger partial charge on any atom is -0.493 e. The summed E-state index contributed by atoms with van der Waals surface area (Å²) in [4.78, 5) is 27.5. The molecule has 3 rings (SSSR count). The maximum Gasteiger partial charge on any atom is 0.340 e. The first kappa shape index (κ1) is 22.2.